The fraction of sp³-hybridized carbons (Fsp3) is 0.467. The van der Waals surface area contributed by atoms with Crippen LogP contribution in [0.4, 0.5) is 0 Å². The van der Waals surface area contributed by atoms with E-state index in [0.717, 1.165) is 34.8 Å². The predicted octanol–water partition coefficient (Wildman–Crippen LogP) is 4.33. The van der Waals surface area contributed by atoms with Gasteiger partial charge in [-0.2, -0.15) is 0 Å². The van der Waals surface area contributed by atoms with Crippen molar-refractivity contribution in [2.24, 2.45) is 0 Å². The molecule has 0 bridgehead atoms. The number of carbonyl (C=O) groups is 1. The Morgan fingerprint density at radius 2 is 2.05 bits per heavy atom. The first-order chi connectivity index (χ1) is 9.15. The highest BCUT2D eigenvalue weighted by molar-refractivity contribution is 14.1. The summed E-state index contributed by atoms with van der Waals surface area (Å²) in [7, 11) is 0. The Balaban J connectivity index is 2.46. The van der Waals surface area contributed by atoms with Crippen molar-refractivity contribution in [2.75, 3.05) is 6.54 Å². The Hall–Kier alpha value is -1.09. The van der Waals surface area contributed by atoms with E-state index >= 15 is 0 Å². The van der Waals surface area contributed by atoms with Crippen LogP contribution in [0.5, 0.6) is 0 Å². The van der Waals surface area contributed by atoms with Crippen molar-refractivity contribution in [3.8, 4) is 0 Å². The summed E-state index contributed by atoms with van der Waals surface area (Å²) in [5.41, 5.74) is 0.889. The topological polar surface area (TPSA) is 41.7 Å². The molecule has 0 aromatic heterocycles. The number of nitrogens with zero attached hydrogens (tertiary/aromatic N) is 1. The summed E-state index contributed by atoms with van der Waals surface area (Å²) >= 11 is 2.20. The van der Waals surface area contributed by atoms with E-state index in [-0.39, 0.29) is 0 Å². The van der Waals surface area contributed by atoms with Crippen molar-refractivity contribution >= 4 is 28.6 Å². The SMILES string of the molecule is [C-]#[N+]CCCCCCC(C(=O)O)c1cccc(I)c1. The second kappa shape index (κ2) is 8.92. The van der Waals surface area contributed by atoms with Gasteiger partial charge in [-0.15, -0.1) is 0 Å². The molecule has 0 saturated heterocycles. The molecule has 0 aliphatic rings. The van der Waals surface area contributed by atoms with Crippen LogP contribution in [-0.4, -0.2) is 17.6 Å². The minimum atomic E-state index is -0.747. The van der Waals surface area contributed by atoms with Gasteiger partial charge in [0, 0.05) is 9.99 Å². The third-order valence-electron chi connectivity index (χ3n) is 3.06. The van der Waals surface area contributed by atoms with Crippen LogP contribution in [0.15, 0.2) is 24.3 Å². The molecule has 0 aliphatic carbocycles. The summed E-state index contributed by atoms with van der Waals surface area (Å²) in [5.74, 6) is -1.15. The van der Waals surface area contributed by atoms with Gasteiger partial charge in [-0.1, -0.05) is 25.0 Å². The van der Waals surface area contributed by atoms with Gasteiger partial charge in [-0.3, -0.25) is 4.79 Å². The molecule has 0 heterocycles. The van der Waals surface area contributed by atoms with Gasteiger partial charge in [0.1, 0.15) is 0 Å². The van der Waals surface area contributed by atoms with Crippen LogP contribution in [-0.2, 0) is 4.79 Å². The molecule has 1 aromatic carbocycles. The number of aliphatic carboxylic acids is 1. The number of rotatable bonds is 8. The van der Waals surface area contributed by atoms with E-state index in [1.165, 1.54) is 0 Å². The zero-order chi connectivity index (χ0) is 14.1. The molecular weight excluding hydrogens is 353 g/mol. The van der Waals surface area contributed by atoms with Gasteiger partial charge in [0.2, 0.25) is 6.54 Å². The molecule has 1 aromatic rings. The number of carboxylic acids is 1. The number of halogens is 1. The first-order valence-electron chi connectivity index (χ1n) is 6.46. The monoisotopic (exact) mass is 371 g/mol. The largest absolute Gasteiger partial charge is 0.481 e. The first-order valence-corrected chi connectivity index (χ1v) is 7.54. The van der Waals surface area contributed by atoms with Crippen LogP contribution in [0.2, 0.25) is 0 Å². The number of benzene rings is 1. The average Bonchev–Trinajstić information content (AvgIpc) is 2.37. The van der Waals surface area contributed by atoms with Gasteiger partial charge in [0.25, 0.3) is 0 Å². The Morgan fingerprint density at radius 3 is 2.68 bits per heavy atom. The molecular formula is C15H18INO2. The van der Waals surface area contributed by atoms with Gasteiger partial charge in [-0.25, -0.2) is 6.57 Å². The lowest BCUT2D eigenvalue weighted by Gasteiger charge is -2.12. The van der Waals surface area contributed by atoms with Crippen molar-refractivity contribution in [3.63, 3.8) is 0 Å². The summed E-state index contributed by atoms with van der Waals surface area (Å²) in [6.07, 6.45) is 4.52. The Bertz CT molecular complexity index is 454. The first kappa shape index (κ1) is 16.0. The lowest BCUT2D eigenvalue weighted by atomic mass is 9.93. The molecule has 1 N–H and O–H groups in total. The molecule has 1 unspecified atom stereocenters. The number of carboxylic acid groups (broad SMARTS) is 1. The predicted molar refractivity (Wildman–Crippen MR) is 84.1 cm³/mol. The van der Waals surface area contributed by atoms with Crippen LogP contribution in [0.25, 0.3) is 4.85 Å². The Morgan fingerprint density at radius 1 is 1.32 bits per heavy atom. The molecule has 102 valence electrons. The van der Waals surface area contributed by atoms with Crippen molar-refractivity contribution in [2.45, 2.75) is 38.0 Å². The highest BCUT2D eigenvalue weighted by atomic mass is 127. The van der Waals surface area contributed by atoms with Crippen molar-refractivity contribution in [1.82, 2.24) is 0 Å². The number of hydrogen-bond donors (Lipinski definition) is 1. The summed E-state index contributed by atoms with van der Waals surface area (Å²) in [6.45, 7) is 7.27. The van der Waals surface area contributed by atoms with Crippen LogP contribution >= 0.6 is 22.6 Å². The normalized spacial score (nSPS) is 11.8. The second-order valence-electron chi connectivity index (χ2n) is 4.53. The van der Waals surface area contributed by atoms with E-state index in [0.29, 0.717) is 13.0 Å². The van der Waals surface area contributed by atoms with Gasteiger partial charge in [0.05, 0.1) is 5.92 Å². The zero-order valence-corrected chi connectivity index (χ0v) is 13.0. The van der Waals surface area contributed by atoms with E-state index in [2.05, 4.69) is 27.4 Å². The highest BCUT2D eigenvalue weighted by Crippen LogP contribution is 2.24. The Labute approximate surface area is 128 Å². The third-order valence-corrected chi connectivity index (χ3v) is 3.73. The molecule has 0 radical (unpaired) electrons. The quantitative estimate of drug-likeness (QED) is 0.420. The molecule has 0 saturated carbocycles. The van der Waals surface area contributed by atoms with Crippen LogP contribution in [0.1, 0.15) is 43.6 Å². The maximum atomic E-state index is 11.3. The smallest absolute Gasteiger partial charge is 0.310 e. The van der Waals surface area contributed by atoms with E-state index < -0.39 is 11.9 Å². The number of unbranched alkanes of at least 4 members (excludes halogenated alkanes) is 3. The fourth-order valence-corrected chi connectivity index (χ4v) is 2.62. The maximum absolute atomic E-state index is 11.3. The summed E-state index contributed by atoms with van der Waals surface area (Å²) < 4.78 is 1.07. The number of hydrogen-bond acceptors (Lipinski definition) is 1. The van der Waals surface area contributed by atoms with Crippen LogP contribution in [0, 0.1) is 10.1 Å². The Kier molecular flexibility index (Phi) is 7.49. The van der Waals surface area contributed by atoms with E-state index in [9.17, 15) is 9.90 Å². The molecule has 0 aliphatic heterocycles. The molecule has 19 heavy (non-hydrogen) atoms. The molecule has 1 rings (SSSR count). The maximum Gasteiger partial charge on any atom is 0.310 e. The summed E-state index contributed by atoms with van der Waals surface area (Å²) in [4.78, 5) is 14.6. The van der Waals surface area contributed by atoms with Gasteiger partial charge in [0.15, 0.2) is 0 Å². The van der Waals surface area contributed by atoms with Gasteiger partial charge >= 0.3 is 5.97 Å². The van der Waals surface area contributed by atoms with Crippen LogP contribution in [0.3, 0.4) is 0 Å². The standard InChI is InChI=1S/C15H18INO2/c1-17-10-5-3-2-4-9-14(15(18)19)12-7-6-8-13(16)11-12/h6-8,11,14H,2-5,9-10H2,(H,18,19). The van der Waals surface area contributed by atoms with Gasteiger partial charge in [-0.05, 0) is 53.1 Å². The lowest BCUT2D eigenvalue weighted by molar-refractivity contribution is -0.139. The average molecular weight is 371 g/mol. The fourth-order valence-electron chi connectivity index (χ4n) is 2.05. The molecule has 0 spiro atoms. The van der Waals surface area contributed by atoms with Crippen molar-refractivity contribution < 1.29 is 9.90 Å². The van der Waals surface area contributed by atoms with Crippen LogP contribution < -0.4 is 0 Å². The summed E-state index contributed by atoms with van der Waals surface area (Å²) in [6, 6.07) is 7.70. The van der Waals surface area contributed by atoms with E-state index in [4.69, 9.17) is 6.57 Å². The minimum Gasteiger partial charge on any atom is -0.481 e. The van der Waals surface area contributed by atoms with Gasteiger partial charge < -0.3 is 9.95 Å². The molecule has 0 fully saturated rings. The molecule has 4 heteroatoms. The summed E-state index contributed by atoms with van der Waals surface area (Å²) in [5, 5.41) is 9.32. The van der Waals surface area contributed by atoms with Crippen molar-refractivity contribution in [3.05, 3.63) is 44.8 Å². The van der Waals surface area contributed by atoms with E-state index in [1.807, 2.05) is 24.3 Å². The third kappa shape index (κ3) is 6.06. The van der Waals surface area contributed by atoms with E-state index in [1.54, 1.807) is 0 Å². The minimum absolute atomic E-state index is 0.407. The van der Waals surface area contributed by atoms with Crippen molar-refractivity contribution in [1.29, 1.82) is 0 Å². The lowest BCUT2D eigenvalue weighted by Crippen LogP contribution is -2.11. The molecule has 0 amide bonds. The zero-order valence-electron chi connectivity index (χ0n) is 10.8. The second-order valence-corrected chi connectivity index (χ2v) is 5.78. The highest BCUT2D eigenvalue weighted by Gasteiger charge is 2.19. The molecule has 1 atom stereocenters. The molecule has 3 nitrogen and oxygen atoms in total.